The fourth-order valence-corrected chi connectivity index (χ4v) is 3.94. The van der Waals surface area contributed by atoms with E-state index in [0.717, 1.165) is 41.7 Å². The molecule has 0 aliphatic heterocycles. The zero-order valence-corrected chi connectivity index (χ0v) is 18.1. The Kier molecular flexibility index (Phi) is 7.47. The Labute approximate surface area is 176 Å². The van der Waals surface area contributed by atoms with E-state index in [9.17, 15) is 4.79 Å². The van der Waals surface area contributed by atoms with Gasteiger partial charge in [0.15, 0.2) is 5.16 Å². The van der Waals surface area contributed by atoms with Gasteiger partial charge >= 0.3 is 0 Å². The zero-order valence-electron chi connectivity index (χ0n) is 17.3. The third-order valence-electron chi connectivity index (χ3n) is 4.89. The van der Waals surface area contributed by atoms with Crippen molar-refractivity contribution in [2.24, 2.45) is 0 Å². The summed E-state index contributed by atoms with van der Waals surface area (Å²) in [4.78, 5) is 12.2. The number of nitrogens with one attached hydrogen (secondary N) is 1. The van der Waals surface area contributed by atoms with E-state index in [1.54, 1.807) is 11.8 Å². The maximum absolute atomic E-state index is 12.2. The summed E-state index contributed by atoms with van der Waals surface area (Å²) in [5.74, 6) is 1.75. The van der Waals surface area contributed by atoms with E-state index in [0.29, 0.717) is 5.56 Å². The Morgan fingerprint density at radius 3 is 2.41 bits per heavy atom. The van der Waals surface area contributed by atoms with Crippen LogP contribution in [0.3, 0.4) is 0 Å². The van der Waals surface area contributed by atoms with Crippen molar-refractivity contribution in [3.8, 4) is 0 Å². The third-order valence-corrected chi connectivity index (χ3v) is 5.93. The second kappa shape index (κ2) is 10.3. The molecule has 1 heterocycles. The van der Waals surface area contributed by atoms with Gasteiger partial charge in [-0.3, -0.25) is 4.79 Å². The predicted molar refractivity (Wildman–Crippen MR) is 118 cm³/mol. The zero-order chi connectivity index (χ0) is 20.6. The minimum atomic E-state index is -0.0187. The van der Waals surface area contributed by atoms with Gasteiger partial charge in [-0.2, -0.15) is 0 Å². The lowest BCUT2D eigenvalue weighted by Crippen LogP contribution is -2.31. The highest BCUT2D eigenvalue weighted by molar-refractivity contribution is 7.98. The maximum Gasteiger partial charge on any atom is 0.251 e. The summed E-state index contributed by atoms with van der Waals surface area (Å²) >= 11 is 1.67. The first kappa shape index (κ1) is 21.1. The Morgan fingerprint density at radius 2 is 1.76 bits per heavy atom. The molecule has 6 heteroatoms. The molecule has 0 fully saturated rings. The van der Waals surface area contributed by atoms with E-state index in [4.69, 9.17) is 0 Å². The normalized spacial score (nSPS) is 12.0. The van der Waals surface area contributed by atoms with E-state index in [1.807, 2.05) is 49.4 Å². The number of thioether (sulfide) groups is 1. The number of hydrogen-bond donors (Lipinski definition) is 1. The molecule has 29 heavy (non-hydrogen) atoms. The van der Waals surface area contributed by atoms with Crippen molar-refractivity contribution in [1.82, 2.24) is 20.1 Å². The van der Waals surface area contributed by atoms with Crippen molar-refractivity contribution in [1.29, 1.82) is 0 Å². The molecule has 0 aliphatic carbocycles. The molecular weight excluding hydrogens is 380 g/mol. The monoisotopic (exact) mass is 408 g/mol. The summed E-state index contributed by atoms with van der Waals surface area (Å²) in [6.45, 7) is 7.03. The van der Waals surface area contributed by atoms with Crippen LogP contribution in [0, 0.1) is 0 Å². The number of hydrogen-bond acceptors (Lipinski definition) is 4. The summed E-state index contributed by atoms with van der Waals surface area (Å²) in [7, 11) is 0. The minimum Gasteiger partial charge on any atom is -0.350 e. The molecule has 0 radical (unpaired) electrons. The average Bonchev–Trinajstić information content (AvgIpc) is 3.14. The van der Waals surface area contributed by atoms with Crippen LogP contribution in [0.25, 0.3) is 0 Å². The number of benzene rings is 2. The van der Waals surface area contributed by atoms with Gasteiger partial charge in [0.05, 0.1) is 0 Å². The highest BCUT2D eigenvalue weighted by atomic mass is 32.2. The van der Waals surface area contributed by atoms with Crippen LogP contribution in [0.1, 0.15) is 54.5 Å². The fourth-order valence-electron chi connectivity index (χ4n) is 2.96. The molecule has 1 amide bonds. The highest BCUT2D eigenvalue weighted by Gasteiger charge is 2.13. The molecule has 0 spiro atoms. The van der Waals surface area contributed by atoms with E-state index in [-0.39, 0.29) is 11.9 Å². The maximum atomic E-state index is 12.2. The molecule has 1 N–H and O–H groups in total. The second-order valence-electron chi connectivity index (χ2n) is 7.07. The van der Waals surface area contributed by atoms with Gasteiger partial charge in [-0.05, 0) is 43.5 Å². The first-order valence-corrected chi connectivity index (χ1v) is 11.1. The van der Waals surface area contributed by atoms with E-state index < -0.39 is 0 Å². The molecule has 1 aromatic heterocycles. The van der Waals surface area contributed by atoms with Crippen LogP contribution in [0.15, 0.2) is 59.8 Å². The molecule has 2 aromatic carbocycles. The smallest absolute Gasteiger partial charge is 0.251 e. The van der Waals surface area contributed by atoms with Crippen molar-refractivity contribution in [2.75, 3.05) is 0 Å². The molecule has 0 saturated heterocycles. The lowest BCUT2D eigenvalue weighted by atomic mass is 10.1. The molecule has 3 aromatic rings. The number of carbonyl (C=O) groups is 1. The number of rotatable bonds is 9. The molecule has 0 saturated carbocycles. The SMILES string of the molecule is CC[C@@H](C)NC(=O)c1ccc(CSc2nnc(Cc3ccccc3)n2CC)cc1. The van der Waals surface area contributed by atoms with Crippen LogP contribution in [0.2, 0.25) is 0 Å². The van der Waals surface area contributed by atoms with Crippen LogP contribution < -0.4 is 5.32 Å². The van der Waals surface area contributed by atoms with E-state index >= 15 is 0 Å². The van der Waals surface area contributed by atoms with Crippen molar-refractivity contribution in [2.45, 2.75) is 57.1 Å². The fraction of sp³-hybridized carbons (Fsp3) is 0.348. The Morgan fingerprint density at radius 1 is 1.03 bits per heavy atom. The minimum absolute atomic E-state index is 0.0187. The summed E-state index contributed by atoms with van der Waals surface area (Å²) in [6, 6.07) is 18.3. The van der Waals surface area contributed by atoms with Gasteiger partial charge in [0.2, 0.25) is 0 Å². The number of aromatic nitrogens is 3. The van der Waals surface area contributed by atoms with Gasteiger partial charge in [-0.15, -0.1) is 10.2 Å². The number of nitrogens with zero attached hydrogens (tertiary/aromatic N) is 3. The summed E-state index contributed by atoms with van der Waals surface area (Å²) in [6.07, 6.45) is 1.70. The molecule has 0 aliphatic rings. The van der Waals surface area contributed by atoms with Gasteiger partial charge < -0.3 is 9.88 Å². The van der Waals surface area contributed by atoms with E-state index in [2.05, 4.69) is 46.1 Å². The molecule has 3 rings (SSSR count). The van der Waals surface area contributed by atoms with Gasteiger partial charge in [-0.25, -0.2) is 0 Å². The first-order valence-electron chi connectivity index (χ1n) is 10.1. The number of carbonyl (C=O) groups excluding carboxylic acids is 1. The van der Waals surface area contributed by atoms with Crippen LogP contribution in [-0.4, -0.2) is 26.7 Å². The summed E-state index contributed by atoms with van der Waals surface area (Å²) < 4.78 is 2.17. The summed E-state index contributed by atoms with van der Waals surface area (Å²) in [5.41, 5.74) is 3.09. The van der Waals surface area contributed by atoms with Gasteiger partial charge in [0.25, 0.3) is 5.91 Å². The lowest BCUT2D eigenvalue weighted by Gasteiger charge is -2.11. The number of amides is 1. The average molecular weight is 409 g/mol. The lowest BCUT2D eigenvalue weighted by molar-refractivity contribution is 0.0939. The first-order chi connectivity index (χ1) is 14.1. The van der Waals surface area contributed by atoms with Gasteiger partial charge in [-0.1, -0.05) is 61.2 Å². The molecule has 0 unspecified atom stereocenters. The molecule has 152 valence electrons. The molecule has 5 nitrogen and oxygen atoms in total. The Balaban J connectivity index is 1.62. The van der Waals surface area contributed by atoms with Crippen molar-refractivity contribution < 1.29 is 4.79 Å². The van der Waals surface area contributed by atoms with Crippen LogP contribution in [-0.2, 0) is 18.7 Å². The van der Waals surface area contributed by atoms with Crippen molar-refractivity contribution in [3.63, 3.8) is 0 Å². The Bertz CT molecular complexity index is 922. The quantitative estimate of drug-likeness (QED) is 0.521. The van der Waals surface area contributed by atoms with Crippen molar-refractivity contribution >= 4 is 17.7 Å². The highest BCUT2D eigenvalue weighted by Crippen LogP contribution is 2.23. The van der Waals surface area contributed by atoms with Gasteiger partial charge in [0.1, 0.15) is 5.82 Å². The van der Waals surface area contributed by atoms with Crippen molar-refractivity contribution in [3.05, 3.63) is 77.1 Å². The third kappa shape index (κ3) is 5.70. The van der Waals surface area contributed by atoms with Crippen LogP contribution in [0.4, 0.5) is 0 Å². The molecule has 0 bridgehead atoms. The second-order valence-corrected chi connectivity index (χ2v) is 8.02. The summed E-state index contributed by atoms with van der Waals surface area (Å²) in [5, 5.41) is 12.7. The topological polar surface area (TPSA) is 59.8 Å². The standard InChI is InChI=1S/C23H28N4OS/c1-4-17(3)24-22(28)20-13-11-19(12-14-20)16-29-23-26-25-21(27(23)5-2)15-18-9-7-6-8-10-18/h6-14,17H,4-5,15-16H2,1-3H3,(H,24,28)/t17-/m1/s1. The Hall–Kier alpha value is -2.60. The van der Waals surface area contributed by atoms with E-state index in [1.165, 1.54) is 5.56 Å². The molecular formula is C23H28N4OS. The van der Waals surface area contributed by atoms with Crippen LogP contribution in [0.5, 0.6) is 0 Å². The predicted octanol–water partition coefficient (Wildman–Crippen LogP) is 4.71. The molecule has 1 atom stereocenters. The largest absolute Gasteiger partial charge is 0.350 e. The van der Waals surface area contributed by atoms with Gasteiger partial charge in [0, 0.05) is 30.3 Å². The van der Waals surface area contributed by atoms with Crippen LogP contribution >= 0.6 is 11.8 Å².